The second kappa shape index (κ2) is 6.06. The Kier molecular flexibility index (Phi) is 4.43. The lowest BCUT2D eigenvalue weighted by atomic mass is 10.2. The SMILES string of the molecule is CCn1cnnc1CNCc1cccc(F)c1Br. The maximum atomic E-state index is 13.3. The molecular formula is C12H14BrFN4. The summed E-state index contributed by atoms with van der Waals surface area (Å²) in [5.74, 6) is 0.635. The van der Waals surface area contributed by atoms with Gasteiger partial charge >= 0.3 is 0 Å². The van der Waals surface area contributed by atoms with Crippen LogP contribution < -0.4 is 5.32 Å². The maximum absolute atomic E-state index is 13.3. The molecule has 96 valence electrons. The number of aryl methyl sites for hydroxylation is 1. The van der Waals surface area contributed by atoms with Gasteiger partial charge in [-0.25, -0.2) is 4.39 Å². The smallest absolute Gasteiger partial charge is 0.146 e. The standard InChI is InChI=1S/C12H14BrFN4/c1-2-18-8-16-17-11(18)7-15-6-9-4-3-5-10(14)12(9)13/h3-5,8,15H,2,6-7H2,1H3. The van der Waals surface area contributed by atoms with E-state index in [2.05, 4.69) is 31.4 Å². The van der Waals surface area contributed by atoms with E-state index in [1.165, 1.54) is 6.07 Å². The van der Waals surface area contributed by atoms with Gasteiger partial charge in [-0.2, -0.15) is 0 Å². The van der Waals surface area contributed by atoms with Gasteiger partial charge < -0.3 is 9.88 Å². The van der Waals surface area contributed by atoms with Crippen LogP contribution in [0.3, 0.4) is 0 Å². The number of aromatic nitrogens is 3. The summed E-state index contributed by atoms with van der Waals surface area (Å²) in [7, 11) is 0. The Balaban J connectivity index is 1.94. The zero-order chi connectivity index (χ0) is 13.0. The van der Waals surface area contributed by atoms with Crippen LogP contribution in [0.15, 0.2) is 29.0 Å². The first kappa shape index (κ1) is 13.2. The predicted molar refractivity (Wildman–Crippen MR) is 70.3 cm³/mol. The van der Waals surface area contributed by atoms with Crippen LogP contribution in [0.5, 0.6) is 0 Å². The number of benzene rings is 1. The number of rotatable bonds is 5. The van der Waals surface area contributed by atoms with E-state index >= 15 is 0 Å². The monoisotopic (exact) mass is 312 g/mol. The number of hydrogen-bond acceptors (Lipinski definition) is 3. The van der Waals surface area contributed by atoms with E-state index in [1.807, 2.05) is 17.6 Å². The molecule has 1 N–H and O–H groups in total. The minimum atomic E-state index is -0.244. The first-order valence-electron chi connectivity index (χ1n) is 5.72. The summed E-state index contributed by atoms with van der Waals surface area (Å²) < 4.78 is 15.8. The van der Waals surface area contributed by atoms with Gasteiger partial charge in [-0.3, -0.25) is 0 Å². The molecule has 0 unspecified atom stereocenters. The molecule has 0 radical (unpaired) electrons. The molecule has 0 spiro atoms. The molecule has 2 rings (SSSR count). The van der Waals surface area contributed by atoms with Crippen molar-refractivity contribution in [1.82, 2.24) is 20.1 Å². The van der Waals surface area contributed by atoms with Gasteiger partial charge in [0.15, 0.2) is 0 Å². The molecule has 1 heterocycles. The highest BCUT2D eigenvalue weighted by Gasteiger charge is 2.06. The van der Waals surface area contributed by atoms with Crippen LogP contribution in [0.25, 0.3) is 0 Å². The number of halogens is 2. The predicted octanol–water partition coefficient (Wildman–Crippen LogP) is 2.49. The third-order valence-corrected chi connectivity index (χ3v) is 3.55. The van der Waals surface area contributed by atoms with E-state index in [1.54, 1.807) is 12.4 Å². The van der Waals surface area contributed by atoms with Crippen LogP contribution >= 0.6 is 15.9 Å². The molecule has 2 aromatic rings. The van der Waals surface area contributed by atoms with Crippen LogP contribution in [0.4, 0.5) is 4.39 Å². The highest BCUT2D eigenvalue weighted by molar-refractivity contribution is 9.10. The molecule has 0 atom stereocenters. The Bertz CT molecular complexity index is 527. The summed E-state index contributed by atoms with van der Waals surface area (Å²) in [6.07, 6.45) is 1.70. The normalized spacial score (nSPS) is 10.8. The van der Waals surface area contributed by atoms with Gasteiger partial charge in [-0.15, -0.1) is 10.2 Å². The van der Waals surface area contributed by atoms with Crippen LogP contribution in [0, 0.1) is 5.82 Å². The Hall–Kier alpha value is -1.27. The third kappa shape index (κ3) is 2.94. The number of nitrogens with one attached hydrogen (secondary N) is 1. The molecule has 0 aliphatic carbocycles. The largest absolute Gasteiger partial charge is 0.317 e. The van der Waals surface area contributed by atoms with E-state index in [0.29, 0.717) is 17.6 Å². The van der Waals surface area contributed by atoms with Gasteiger partial charge in [0.25, 0.3) is 0 Å². The van der Waals surface area contributed by atoms with Crippen molar-refractivity contribution in [2.24, 2.45) is 0 Å². The summed E-state index contributed by atoms with van der Waals surface area (Å²) >= 11 is 3.24. The van der Waals surface area contributed by atoms with E-state index in [0.717, 1.165) is 17.9 Å². The molecule has 4 nitrogen and oxygen atoms in total. The molecule has 0 saturated carbocycles. The summed E-state index contributed by atoms with van der Waals surface area (Å²) in [5, 5.41) is 11.1. The first-order chi connectivity index (χ1) is 8.72. The van der Waals surface area contributed by atoms with Crippen LogP contribution in [0.1, 0.15) is 18.3 Å². The van der Waals surface area contributed by atoms with Gasteiger partial charge in [-0.1, -0.05) is 12.1 Å². The fraction of sp³-hybridized carbons (Fsp3) is 0.333. The third-order valence-electron chi connectivity index (χ3n) is 2.67. The quantitative estimate of drug-likeness (QED) is 0.922. The molecule has 0 aliphatic heterocycles. The second-order valence-corrected chi connectivity index (χ2v) is 4.64. The number of nitrogens with zero attached hydrogens (tertiary/aromatic N) is 3. The summed E-state index contributed by atoms with van der Waals surface area (Å²) in [5.41, 5.74) is 0.887. The molecule has 6 heteroatoms. The fourth-order valence-electron chi connectivity index (χ4n) is 1.67. The molecule has 0 fully saturated rings. The van der Waals surface area contributed by atoms with Crippen LogP contribution in [-0.2, 0) is 19.6 Å². The average molecular weight is 313 g/mol. The lowest BCUT2D eigenvalue weighted by molar-refractivity contribution is 0.597. The highest BCUT2D eigenvalue weighted by Crippen LogP contribution is 2.20. The minimum absolute atomic E-state index is 0.244. The van der Waals surface area contributed by atoms with Gasteiger partial charge in [0.2, 0.25) is 0 Å². The lowest BCUT2D eigenvalue weighted by Crippen LogP contribution is -2.16. The molecule has 1 aromatic carbocycles. The summed E-state index contributed by atoms with van der Waals surface area (Å²) in [6.45, 7) is 4.06. The lowest BCUT2D eigenvalue weighted by Gasteiger charge is -2.07. The zero-order valence-electron chi connectivity index (χ0n) is 10.0. The van der Waals surface area contributed by atoms with Crippen molar-refractivity contribution in [3.63, 3.8) is 0 Å². The molecule has 18 heavy (non-hydrogen) atoms. The Morgan fingerprint density at radius 1 is 1.39 bits per heavy atom. The molecular weight excluding hydrogens is 299 g/mol. The second-order valence-electron chi connectivity index (χ2n) is 3.85. The molecule has 0 amide bonds. The highest BCUT2D eigenvalue weighted by atomic mass is 79.9. The topological polar surface area (TPSA) is 42.7 Å². The van der Waals surface area contributed by atoms with Crippen molar-refractivity contribution < 1.29 is 4.39 Å². The van der Waals surface area contributed by atoms with Crippen molar-refractivity contribution in [2.45, 2.75) is 26.6 Å². The van der Waals surface area contributed by atoms with Crippen molar-refractivity contribution >= 4 is 15.9 Å². The van der Waals surface area contributed by atoms with Gasteiger partial charge in [0, 0.05) is 13.1 Å². The Morgan fingerprint density at radius 3 is 3.00 bits per heavy atom. The average Bonchev–Trinajstić information content (AvgIpc) is 2.82. The zero-order valence-corrected chi connectivity index (χ0v) is 11.6. The molecule has 0 bridgehead atoms. The summed E-state index contributed by atoms with van der Waals surface area (Å²) in [6, 6.07) is 5.01. The van der Waals surface area contributed by atoms with E-state index in [4.69, 9.17) is 0 Å². The Morgan fingerprint density at radius 2 is 2.22 bits per heavy atom. The van der Waals surface area contributed by atoms with E-state index < -0.39 is 0 Å². The summed E-state index contributed by atoms with van der Waals surface area (Å²) in [4.78, 5) is 0. The van der Waals surface area contributed by atoms with Gasteiger partial charge in [0.05, 0.1) is 11.0 Å². The van der Waals surface area contributed by atoms with Gasteiger partial charge in [-0.05, 0) is 34.5 Å². The molecule has 0 saturated heterocycles. The van der Waals surface area contributed by atoms with Crippen molar-refractivity contribution in [1.29, 1.82) is 0 Å². The maximum Gasteiger partial charge on any atom is 0.146 e. The first-order valence-corrected chi connectivity index (χ1v) is 6.52. The molecule has 0 aliphatic rings. The minimum Gasteiger partial charge on any atom is -0.317 e. The van der Waals surface area contributed by atoms with Crippen LogP contribution in [-0.4, -0.2) is 14.8 Å². The van der Waals surface area contributed by atoms with Crippen molar-refractivity contribution in [3.05, 3.63) is 46.2 Å². The van der Waals surface area contributed by atoms with Crippen molar-refractivity contribution in [3.8, 4) is 0 Å². The van der Waals surface area contributed by atoms with Crippen molar-refractivity contribution in [2.75, 3.05) is 0 Å². The fourth-order valence-corrected chi connectivity index (χ4v) is 2.08. The van der Waals surface area contributed by atoms with E-state index in [-0.39, 0.29) is 5.82 Å². The van der Waals surface area contributed by atoms with Crippen LogP contribution in [0.2, 0.25) is 0 Å². The number of hydrogen-bond donors (Lipinski definition) is 1. The van der Waals surface area contributed by atoms with Gasteiger partial charge in [0.1, 0.15) is 18.0 Å². The molecule has 1 aromatic heterocycles. The Labute approximate surface area is 113 Å². The van der Waals surface area contributed by atoms with E-state index in [9.17, 15) is 4.39 Å².